The van der Waals surface area contributed by atoms with Gasteiger partial charge in [0.2, 0.25) is 5.91 Å². The van der Waals surface area contributed by atoms with Crippen LogP contribution in [-0.4, -0.2) is 70.5 Å². The van der Waals surface area contributed by atoms with E-state index < -0.39 is 0 Å². The van der Waals surface area contributed by atoms with Crippen LogP contribution in [0, 0.1) is 5.41 Å². The van der Waals surface area contributed by atoms with Crippen LogP contribution in [-0.2, 0) is 20.7 Å². The lowest BCUT2D eigenvalue weighted by molar-refractivity contribution is -0.151. The van der Waals surface area contributed by atoms with Crippen LogP contribution in [0.5, 0.6) is 0 Å². The maximum atomic E-state index is 12.7. The normalized spacial score (nSPS) is 25.8. The van der Waals surface area contributed by atoms with Gasteiger partial charge in [0.15, 0.2) is 0 Å². The average molecular weight is 374 g/mol. The number of aromatic nitrogens is 2. The Labute approximate surface area is 160 Å². The molecule has 27 heavy (non-hydrogen) atoms. The highest BCUT2D eigenvalue weighted by Gasteiger charge is 2.42. The molecule has 3 aliphatic heterocycles. The maximum absolute atomic E-state index is 12.7. The summed E-state index contributed by atoms with van der Waals surface area (Å²) in [4.78, 5) is 36.2. The van der Waals surface area contributed by atoms with Crippen molar-refractivity contribution in [2.75, 3.05) is 32.8 Å². The van der Waals surface area contributed by atoms with E-state index in [-0.39, 0.29) is 23.3 Å². The number of carbonyl (C=O) groups excluding carboxylic acids is 2. The van der Waals surface area contributed by atoms with Gasteiger partial charge in [-0.1, -0.05) is 0 Å². The minimum atomic E-state index is -0.230. The average Bonchev–Trinajstić information content (AvgIpc) is 3.23. The molecule has 0 radical (unpaired) electrons. The molecule has 1 aromatic rings. The van der Waals surface area contributed by atoms with Crippen LogP contribution in [0.15, 0.2) is 12.5 Å². The molecular weight excluding hydrogens is 344 g/mol. The zero-order chi connectivity index (χ0) is 18.7. The van der Waals surface area contributed by atoms with E-state index in [1.54, 1.807) is 6.33 Å². The summed E-state index contributed by atoms with van der Waals surface area (Å²) in [6.45, 7) is 3.85. The number of carbonyl (C=O) groups is 2. The zero-order valence-corrected chi connectivity index (χ0v) is 16.0. The van der Waals surface area contributed by atoms with E-state index in [1.165, 1.54) is 0 Å². The zero-order valence-electron chi connectivity index (χ0n) is 16.0. The SMILES string of the molecule is O=C1CCC2(CCN(C(=O)C3CCCCO3)CC2)CN1CCc1cnc[nH]1. The Bertz CT molecular complexity index is 646. The Balaban J connectivity index is 1.31. The van der Waals surface area contributed by atoms with Gasteiger partial charge in [-0.2, -0.15) is 0 Å². The van der Waals surface area contributed by atoms with Crippen LogP contribution < -0.4 is 0 Å². The summed E-state index contributed by atoms with van der Waals surface area (Å²) in [7, 11) is 0. The number of rotatable bonds is 4. The van der Waals surface area contributed by atoms with Crippen molar-refractivity contribution >= 4 is 11.8 Å². The van der Waals surface area contributed by atoms with E-state index >= 15 is 0 Å². The minimum Gasteiger partial charge on any atom is -0.368 e. The molecular formula is C20H30N4O3. The Morgan fingerprint density at radius 1 is 1.30 bits per heavy atom. The number of imidazole rings is 1. The molecule has 2 amide bonds. The molecule has 7 heteroatoms. The van der Waals surface area contributed by atoms with Crippen LogP contribution in [0.3, 0.4) is 0 Å². The molecule has 0 saturated carbocycles. The van der Waals surface area contributed by atoms with E-state index in [2.05, 4.69) is 9.97 Å². The van der Waals surface area contributed by atoms with E-state index in [9.17, 15) is 9.59 Å². The minimum absolute atomic E-state index is 0.173. The van der Waals surface area contributed by atoms with E-state index in [1.807, 2.05) is 16.0 Å². The van der Waals surface area contributed by atoms with Crippen molar-refractivity contribution in [2.24, 2.45) is 5.41 Å². The molecule has 7 nitrogen and oxygen atoms in total. The first-order valence-electron chi connectivity index (χ1n) is 10.3. The summed E-state index contributed by atoms with van der Waals surface area (Å²) in [5.41, 5.74) is 1.24. The third kappa shape index (κ3) is 4.18. The van der Waals surface area contributed by atoms with Crippen molar-refractivity contribution in [3.05, 3.63) is 18.2 Å². The first-order chi connectivity index (χ1) is 13.2. The lowest BCUT2D eigenvalue weighted by Crippen LogP contribution is -2.54. The van der Waals surface area contributed by atoms with Crippen LogP contribution in [0.2, 0.25) is 0 Å². The van der Waals surface area contributed by atoms with Crippen molar-refractivity contribution in [2.45, 2.75) is 57.5 Å². The van der Waals surface area contributed by atoms with Crippen LogP contribution in [0.1, 0.15) is 50.6 Å². The molecule has 0 bridgehead atoms. The molecule has 148 valence electrons. The quantitative estimate of drug-likeness (QED) is 0.871. The van der Waals surface area contributed by atoms with Crippen molar-refractivity contribution in [3.63, 3.8) is 0 Å². The van der Waals surface area contributed by atoms with Crippen molar-refractivity contribution < 1.29 is 14.3 Å². The molecule has 4 heterocycles. The third-order valence-corrected chi connectivity index (χ3v) is 6.54. The van der Waals surface area contributed by atoms with Gasteiger partial charge in [-0.3, -0.25) is 9.59 Å². The second kappa shape index (κ2) is 8.00. The number of hydrogen-bond donors (Lipinski definition) is 1. The van der Waals surface area contributed by atoms with Gasteiger partial charge in [0, 0.05) is 57.5 Å². The first-order valence-corrected chi connectivity index (χ1v) is 10.3. The Morgan fingerprint density at radius 3 is 2.85 bits per heavy atom. The Hall–Kier alpha value is -1.89. The lowest BCUT2D eigenvalue weighted by Gasteiger charge is -2.48. The van der Waals surface area contributed by atoms with Gasteiger partial charge in [-0.15, -0.1) is 0 Å². The van der Waals surface area contributed by atoms with Crippen molar-refractivity contribution in [1.29, 1.82) is 0 Å². The van der Waals surface area contributed by atoms with Crippen LogP contribution in [0.25, 0.3) is 0 Å². The second-order valence-corrected chi connectivity index (χ2v) is 8.32. The van der Waals surface area contributed by atoms with Crippen LogP contribution >= 0.6 is 0 Å². The van der Waals surface area contributed by atoms with Gasteiger partial charge in [-0.05, 0) is 43.9 Å². The fourth-order valence-corrected chi connectivity index (χ4v) is 4.73. The summed E-state index contributed by atoms with van der Waals surface area (Å²) in [6, 6.07) is 0. The van der Waals surface area contributed by atoms with Gasteiger partial charge in [0.1, 0.15) is 6.10 Å². The molecule has 1 spiro atoms. The third-order valence-electron chi connectivity index (χ3n) is 6.54. The topological polar surface area (TPSA) is 78.5 Å². The van der Waals surface area contributed by atoms with Gasteiger partial charge < -0.3 is 19.5 Å². The monoisotopic (exact) mass is 374 g/mol. The molecule has 3 fully saturated rings. The van der Waals surface area contributed by atoms with E-state index in [0.29, 0.717) is 13.0 Å². The summed E-state index contributed by atoms with van der Waals surface area (Å²) < 4.78 is 5.68. The highest BCUT2D eigenvalue weighted by molar-refractivity contribution is 5.81. The number of H-pyrrole nitrogens is 1. The summed E-state index contributed by atoms with van der Waals surface area (Å²) >= 11 is 0. The van der Waals surface area contributed by atoms with Crippen LogP contribution in [0.4, 0.5) is 0 Å². The van der Waals surface area contributed by atoms with Crippen molar-refractivity contribution in [3.8, 4) is 0 Å². The lowest BCUT2D eigenvalue weighted by atomic mass is 9.72. The standard InChI is InChI=1S/C20H30N4O3/c25-18-4-6-20(14-24(18)9-5-16-13-21-15-22-16)7-10-23(11-8-20)19(26)17-3-1-2-12-27-17/h13,15,17H,1-12,14H2,(H,21,22). The summed E-state index contributed by atoms with van der Waals surface area (Å²) in [6.07, 6.45) is 10.6. The number of ether oxygens (including phenoxy) is 1. The molecule has 3 aliphatic rings. The fraction of sp³-hybridized carbons (Fsp3) is 0.750. The highest BCUT2D eigenvalue weighted by Crippen LogP contribution is 2.40. The first kappa shape index (κ1) is 18.5. The molecule has 3 saturated heterocycles. The molecule has 1 atom stereocenters. The molecule has 1 aromatic heterocycles. The number of amides is 2. The molecule has 0 aliphatic carbocycles. The number of likely N-dealkylation sites (tertiary alicyclic amines) is 2. The largest absolute Gasteiger partial charge is 0.368 e. The number of hydrogen-bond acceptors (Lipinski definition) is 4. The van der Waals surface area contributed by atoms with E-state index in [0.717, 1.165) is 76.8 Å². The van der Waals surface area contributed by atoms with Crippen molar-refractivity contribution in [1.82, 2.24) is 19.8 Å². The second-order valence-electron chi connectivity index (χ2n) is 8.32. The Morgan fingerprint density at radius 2 is 2.15 bits per heavy atom. The molecule has 1 unspecified atom stereocenters. The Kier molecular flexibility index (Phi) is 5.48. The summed E-state index contributed by atoms with van der Waals surface area (Å²) in [5, 5.41) is 0. The molecule has 0 aromatic carbocycles. The molecule has 1 N–H and O–H groups in total. The number of nitrogens with zero attached hydrogens (tertiary/aromatic N) is 3. The van der Waals surface area contributed by atoms with Gasteiger partial charge in [-0.25, -0.2) is 4.98 Å². The fourth-order valence-electron chi connectivity index (χ4n) is 4.73. The number of aromatic amines is 1. The van der Waals surface area contributed by atoms with Gasteiger partial charge >= 0.3 is 0 Å². The van der Waals surface area contributed by atoms with Gasteiger partial charge in [0.25, 0.3) is 5.91 Å². The highest BCUT2D eigenvalue weighted by atomic mass is 16.5. The predicted molar refractivity (Wildman–Crippen MR) is 99.9 cm³/mol. The number of piperidine rings is 2. The maximum Gasteiger partial charge on any atom is 0.251 e. The number of nitrogens with one attached hydrogen (secondary N) is 1. The predicted octanol–water partition coefficient (Wildman–Crippen LogP) is 1.75. The van der Waals surface area contributed by atoms with Gasteiger partial charge in [0.05, 0.1) is 6.33 Å². The molecule has 4 rings (SSSR count). The summed E-state index contributed by atoms with van der Waals surface area (Å²) in [5.74, 6) is 0.432. The smallest absolute Gasteiger partial charge is 0.251 e. The van der Waals surface area contributed by atoms with E-state index in [4.69, 9.17) is 4.74 Å².